The number of aromatic nitrogens is 2. The van der Waals surface area contributed by atoms with Gasteiger partial charge in [0.2, 0.25) is 0 Å². The summed E-state index contributed by atoms with van der Waals surface area (Å²) in [5.74, 6) is -1.37. The van der Waals surface area contributed by atoms with Crippen molar-refractivity contribution in [1.82, 2.24) is 9.97 Å². The monoisotopic (exact) mass is 227 g/mol. The van der Waals surface area contributed by atoms with Gasteiger partial charge in [0.15, 0.2) is 5.16 Å². The highest BCUT2D eigenvalue weighted by molar-refractivity contribution is 7.99. The Hall–Kier alpha value is -1.56. The third kappa shape index (κ3) is 2.10. The van der Waals surface area contributed by atoms with E-state index in [0.717, 1.165) is 23.9 Å². The lowest BCUT2D eigenvalue weighted by Gasteiger charge is -2.03. The lowest BCUT2D eigenvalue weighted by molar-refractivity contribution is 0.541. The number of anilines is 1. The van der Waals surface area contributed by atoms with Crippen molar-refractivity contribution >= 4 is 17.4 Å². The van der Waals surface area contributed by atoms with E-state index in [0.29, 0.717) is 5.16 Å². The Morgan fingerprint density at radius 3 is 2.47 bits per heavy atom. The van der Waals surface area contributed by atoms with Crippen LogP contribution in [0.3, 0.4) is 0 Å². The first-order valence-corrected chi connectivity index (χ1v) is 4.90. The number of halogens is 2. The first-order valence-electron chi connectivity index (χ1n) is 4.08. The van der Waals surface area contributed by atoms with E-state index in [1.807, 2.05) is 0 Å². The summed E-state index contributed by atoms with van der Waals surface area (Å²) >= 11 is 0.884. The molecule has 1 heterocycles. The van der Waals surface area contributed by atoms with Crippen molar-refractivity contribution in [3.05, 3.63) is 36.2 Å². The highest BCUT2D eigenvalue weighted by Crippen LogP contribution is 2.30. The number of hydrogen-bond acceptors (Lipinski definition) is 3. The molecule has 0 bridgehead atoms. The van der Waals surface area contributed by atoms with E-state index in [9.17, 15) is 8.78 Å². The van der Waals surface area contributed by atoms with Crippen molar-refractivity contribution < 1.29 is 8.78 Å². The topological polar surface area (TPSA) is 54.7 Å². The Morgan fingerprint density at radius 1 is 1.27 bits per heavy atom. The van der Waals surface area contributed by atoms with Crippen LogP contribution in [-0.2, 0) is 0 Å². The lowest BCUT2D eigenvalue weighted by atomic mass is 10.3. The van der Waals surface area contributed by atoms with Crippen LogP contribution in [0.1, 0.15) is 0 Å². The van der Waals surface area contributed by atoms with Gasteiger partial charge in [0, 0.05) is 18.1 Å². The number of hydrogen-bond donors (Lipinski definition) is 2. The van der Waals surface area contributed by atoms with Crippen LogP contribution >= 0.6 is 11.8 Å². The predicted molar refractivity (Wildman–Crippen MR) is 53.5 cm³/mol. The summed E-state index contributed by atoms with van der Waals surface area (Å²) in [6, 6.07) is 2.16. The number of imidazole rings is 1. The van der Waals surface area contributed by atoms with Crippen molar-refractivity contribution in [3.63, 3.8) is 0 Å². The van der Waals surface area contributed by atoms with Crippen LogP contribution in [0.25, 0.3) is 0 Å². The Balaban J connectivity index is 2.36. The number of nitrogens with zero attached hydrogens (tertiary/aromatic N) is 1. The number of nitrogens with two attached hydrogens (primary N) is 1. The van der Waals surface area contributed by atoms with Gasteiger partial charge in [-0.15, -0.1) is 0 Å². The zero-order chi connectivity index (χ0) is 10.8. The van der Waals surface area contributed by atoms with E-state index in [1.54, 1.807) is 6.20 Å². The van der Waals surface area contributed by atoms with E-state index < -0.39 is 11.6 Å². The largest absolute Gasteiger partial charge is 0.399 e. The first-order chi connectivity index (χ1) is 7.16. The van der Waals surface area contributed by atoms with Crippen LogP contribution in [0.2, 0.25) is 0 Å². The quantitative estimate of drug-likeness (QED) is 0.775. The fraction of sp³-hybridized carbons (Fsp3) is 0. The molecular formula is C9H7F2N3S. The fourth-order valence-corrected chi connectivity index (χ4v) is 1.83. The Kier molecular flexibility index (Phi) is 2.59. The second-order valence-corrected chi connectivity index (χ2v) is 3.81. The van der Waals surface area contributed by atoms with Crippen LogP contribution in [-0.4, -0.2) is 9.97 Å². The molecule has 2 aromatic rings. The Labute approximate surface area is 88.7 Å². The molecule has 2 rings (SSSR count). The van der Waals surface area contributed by atoms with Gasteiger partial charge in [-0.3, -0.25) is 0 Å². The van der Waals surface area contributed by atoms with Gasteiger partial charge in [0.1, 0.15) is 11.6 Å². The van der Waals surface area contributed by atoms with Gasteiger partial charge in [-0.05, 0) is 23.9 Å². The second-order valence-electron chi connectivity index (χ2n) is 2.81. The average Bonchev–Trinajstić information content (AvgIpc) is 2.63. The summed E-state index contributed by atoms with van der Waals surface area (Å²) in [5.41, 5.74) is 5.35. The molecule has 0 aliphatic carbocycles. The van der Waals surface area contributed by atoms with Gasteiger partial charge in [0.05, 0.1) is 4.90 Å². The molecule has 0 amide bonds. The molecule has 0 fully saturated rings. The van der Waals surface area contributed by atoms with Crippen LogP contribution in [0, 0.1) is 11.6 Å². The molecule has 0 radical (unpaired) electrons. The van der Waals surface area contributed by atoms with E-state index in [1.165, 1.54) is 6.20 Å². The number of benzene rings is 1. The first kappa shape index (κ1) is 9.97. The van der Waals surface area contributed by atoms with Gasteiger partial charge in [-0.2, -0.15) is 0 Å². The molecule has 1 aromatic heterocycles. The van der Waals surface area contributed by atoms with Gasteiger partial charge < -0.3 is 10.7 Å². The van der Waals surface area contributed by atoms with Crippen LogP contribution < -0.4 is 5.73 Å². The molecule has 0 spiro atoms. The molecule has 78 valence electrons. The number of nitrogens with one attached hydrogen (secondary N) is 1. The maximum Gasteiger partial charge on any atom is 0.170 e. The maximum atomic E-state index is 13.3. The van der Waals surface area contributed by atoms with Crippen LogP contribution in [0.5, 0.6) is 0 Å². The van der Waals surface area contributed by atoms with Gasteiger partial charge in [0.25, 0.3) is 0 Å². The summed E-state index contributed by atoms with van der Waals surface area (Å²) < 4.78 is 26.6. The summed E-state index contributed by atoms with van der Waals surface area (Å²) in [5, 5.41) is 0.428. The average molecular weight is 227 g/mol. The van der Waals surface area contributed by atoms with Crippen molar-refractivity contribution in [2.24, 2.45) is 0 Å². The molecule has 6 heteroatoms. The number of aromatic amines is 1. The minimum Gasteiger partial charge on any atom is -0.399 e. The van der Waals surface area contributed by atoms with Crippen molar-refractivity contribution in [1.29, 1.82) is 0 Å². The molecule has 1 aromatic carbocycles. The molecule has 3 N–H and O–H groups in total. The SMILES string of the molecule is Nc1cc(F)c(Sc2ncc[nH]2)c(F)c1. The summed E-state index contributed by atoms with van der Waals surface area (Å²) in [4.78, 5) is 6.49. The molecule has 0 atom stereocenters. The minimum atomic E-state index is -0.686. The maximum absolute atomic E-state index is 13.3. The summed E-state index contributed by atoms with van der Waals surface area (Å²) in [7, 11) is 0. The fourth-order valence-electron chi connectivity index (χ4n) is 1.08. The second kappa shape index (κ2) is 3.90. The van der Waals surface area contributed by atoms with Crippen LogP contribution in [0.4, 0.5) is 14.5 Å². The molecular weight excluding hydrogens is 220 g/mol. The smallest absolute Gasteiger partial charge is 0.170 e. The van der Waals surface area contributed by atoms with Crippen LogP contribution in [0.15, 0.2) is 34.6 Å². The third-order valence-electron chi connectivity index (χ3n) is 1.69. The van der Waals surface area contributed by atoms with Gasteiger partial charge in [-0.25, -0.2) is 13.8 Å². The van der Waals surface area contributed by atoms with E-state index in [4.69, 9.17) is 5.73 Å². The van der Waals surface area contributed by atoms with Crippen molar-refractivity contribution in [3.8, 4) is 0 Å². The number of nitrogen functional groups attached to an aromatic ring is 1. The molecule has 0 unspecified atom stereocenters. The van der Waals surface area contributed by atoms with Crippen molar-refractivity contribution in [2.75, 3.05) is 5.73 Å². The number of H-pyrrole nitrogens is 1. The highest BCUT2D eigenvalue weighted by Gasteiger charge is 2.12. The molecule has 15 heavy (non-hydrogen) atoms. The summed E-state index contributed by atoms with van der Waals surface area (Å²) in [6.07, 6.45) is 3.09. The molecule has 0 saturated heterocycles. The minimum absolute atomic E-state index is 0.0637. The van der Waals surface area contributed by atoms with Gasteiger partial charge in [-0.1, -0.05) is 0 Å². The zero-order valence-electron chi connectivity index (χ0n) is 7.50. The summed E-state index contributed by atoms with van der Waals surface area (Å²) in [6.45, 7) is 0. The van der Waals surface area contributed by atoms with E-state index >= 15 is 0 Å². The number of rotatable bonds is 2. The third-order valence-corrected chi connectivity index (χ3v) is 2.70. The predicted octanol–water partition coefficient (Wildman–Crippen LogP) is 2.42. The Morgan fingerprint density at radius 2 is 1.93 bits per heavy atom. The van der Waals surface area contributed by atoms with E-state index in [2.05, 4.69) is 9.97 Å². The molecule has 0 aliphatic rings. The van der Waals surface area contributed by atoms with E-state index in [-0.39, 0.29) is 10.6 Å². The standard InChI is InChI=1S/C9H7F2N3S/c10-6-3-5(12)4-7(11)8(6)15-9-13-1-2-14-9/h1-4H,12H2,(H,13,14). The highest BCUT2D eigenvalue weighted by atomic mass is 32.2. The molecule has 0 saturated carbocycles. The zero-order valence-corrected chi connectivity index (χ0v) is 8.31. The molecule has 3 nitrogen and oxygen atoms in total. The molecule has 0 aliphatic heterocycles. The normalized spacial score (nSPS) is 10.5. The van der Waals surface area contributed by atoms with Gasteiger partial charge >= 0.3 is 0 Å². The van der Waals surface area contributed by atoms with Crippen molar-refractivity contribution in [2.45, 2.75) is 10.1 Å². The lowest BCUT2D eigenvalue weighted by Crippen LogP contribution is -1.93. The Bertz CT molecular complexity index is 447.